The summed E-state index contributed by atoms with van der Waals surface area (Å²) in [5.41, 5.74) is 1.43. The summed E-state index contributed by atoms with van der Waals surface area (Å²) in [6.07, 6.45) is 13.3. The Kier molecular flexibility index (Phi) is 8.82. The number of aryl methyl sites for hydroxylation is 3. The standard InChI is InChI=1S/C25H34S3/c1-4-6-8-10-12-20-14-16-22(26-20)24-18-19(3)25(28-24)23-17-15-21(27-23)13-11-9-7-5-2/h14-18H,4-13H2,1-3H3. The first-order chi connectivity index (χ1) is 13.7. The first kappa shape index (κ1) is 21.8. The molecule has 28 heavy (non-hydrogen) atoms. The highest BCUT2D eigenvalue weighted by Gasteiger charge is 2.13. The SMILES string of the molecule is CCCCCCc1ccc(-c2cc(C)c(-c3ccc(CCCCCC)s3)s2)s1. The van der Waals surface area contributed by atoms with Gasteiger partial charge in [0.15, 0.2) is 0 Å². The Bertz CT molecular complexity index is 834. The molecule has 0 unspecified atom stereocenters. The quantitative estimate of drug-likeness (QED) is 0.251. The Hall–Kier alpha value is -0.900. The van der Waals surface area contributed by atoms with Crippen molar-refractivity contribution in [3.05, 3.63) is 45.6 Å². The summed E-state index contributed by atoms with van der Waals surface area (Å²) in [5.74, 6) is 0. The maximum Gasteiger partial charge on any atom is 0.0478 e. The molecule has 3 aromatic rings. The van der Waals surface area contributed by atoms with Gasteiger partial charge in [0.25, 0.3) is 0 Å². The van der Waals surface area contributed by atoms with Crippen LogP contribution in [0.5, 0.6) is 0 Å². The summed E-state index contributed by atoms with van der Waals surface area (Å²) < 4.78 is 0. The minimum atomic E-state index is 1.24. The number of thiophene rings is 3. The van der Waals surface area contributed by atoms with Gasteiger partial charge in [-0.1, -0.05) is 52.4 Å². The Labute approximate surface area is 183 Å². The monoisotopic (exact) mass is 430 g/mol. The van der Waals surface area contributed by atoms with Crippen molar-refractivity contribution in [3.8, 4) is 19.5 Å². The second-order valence-electron chi connectivity index (χ2n) is 7.78. The molecule has 0 aliphatic carbocycles. The number of hydrogen-bond donors (Lipinski definition) is 0. The van der Waals surface area contributed by atoms with Crippen LogP contribution in [0.25, 0.3) is 19.5 Å². The van der Waals surface area contributed by atoms with Gasteiger partial charge in [-0.05, 0) is 68.5 Å². The van der Waals surface area contributed by atoms with Crippen molar-refractivity contribution in [3.63, 3.8) is 0 Å². The van der Waals surface area contributed by atoms with Gasteiger partial charge in [0, 0.05) is 29.3 Å². The fourth-order valence-corrected chi connectivity index (χ4v) is 7.11. The highest BCUT2D eigenvalue weighted by atomic mass is 32.1. The third-order valence-electron chi connectivity index (χ3n) is 5.26. The van der Waals surface area contributed by atoms with Crippen LogP contribution in [0.3, 0.4) is 0 Å². The van der Waals surface area contributed by atoms with Gasteiger partial charge in [0.05, 0.1) is 0 Å². The molecule has 0 N–H and O–H groups in total. The number of unbranched alkanes of at least 4 members (excludes halogenated alkanes) is 6. The van der Waals surface area contributed by atoms with Gasteiger partial charge in [-0.25, -0.2) is 0 Å². The van der Waals surface area contributed by atoms with E-state index in [1.807, 2.05) is 34.0 Å². The van der Waals surface area contributed by atoms with Gasteiger partial charge < -0.3 is 0 Å². The normalized spacial score (nSPS) is 11.4. The zero-order valence-corrected chi connectivity index (χ0v) is 20.1. The zero-order valence-electron chi connectivity index (χ0n) is 17.7. The molecule has 3 heteroatoms. The van der Waals surface area contributed by atoms with Crippen molar-refractivity contribution in [2.24, 2.45) is 0 Å². The van der Waals surface area contributed by atoms with Crippen LogP contribution < -0.4 is 0 Å². The highest BCUT2D eigenvalue weighted by Crippen LogP contribution is 2.42. The van der Waals surface area contributed by atoms with Crippen LogP contribution in [0, 0.1) is 6.92 Å². The fraction of sp³-hybridized carbons (Fsp3) is 0.520. The third-order valence-corrected chi connectivity index (χ3v) is 9.16. The van der Waals surface area contributed by atoms with E-state index in [1.165, 1.54) is 89.3 Å². The highest BCUT2D eigenvalue weighted by molar-refractivity contribution is 7.26. The van der Waals surface area contributed by atoms with E-state index in [9.17, 15) is 0 Å². The Morgan fingerprint density at radius 1 is 0.607 bits per heavy atom. The molecule has 0 fully saturated rings. The minimum absolute atomic E-state index is 1.24. The van der Waals surface area contributed by atoms with Crippen molar-refractivity contribution < 1.29 is 0 Å². The maximum atomic E-state index is 2.40. The Balaban J connectivity index is 1.63. The van der Waals surface area contributed by atoms with E-state index in [-0.39, 0.29) is 0 Å². The van der Waals surface area contributed by atoms with Crippen molar-refractivity contribution >= 4 is 34.0 Å². The van der Waals surface area contributed by atoms with Gasteiger partial charge in [-0.2, -0.15) is 0 Å². The van der Waals surface area contributed by atoms with Gasteiger partial charge >= 0.3 is 0 Å². The predicted molar refractivity (Wildman–Crippen MR) is 131 cm³/mol. The Morgan fingerprint density at radius 3 is 1.79 bits per heavy atom. The minimum Gasteiger partial charge on any atom is -0.139 e. The van der Waals surface area contributed by atoms with E-state index in [1.54, 1.807) is 9.75 Å². The molecule has 0 spiro atoms. The lowest BCUT2D eigenvalue weighted by Crippen LogP contribution is -1.80. The van der Waals surface area contributed by atoms with E-state index in [0.29, 0.717) is 0 Å². The smallest absolute Gasteiger partial charge is 0.0478 e. The number of rotatable bonds is 12. The number of hydrogen-bond acceptors (Lipinski definition) is 3. The Morgan fingerprint density at radius 2 is 1.18 bits per heavy atom. The van der Waals surface area contributed by atoms with Crippen LogP contribution in [0.2, 0.25) is 0 Å². The fourth-order valence-electron chi connectivity index (χ4n) is 3.58. The molecule has 0 atom stereocenters. The van der Waals surface area contributed by atoms with Crippen LogP contribution in [0.4, 0.5) is 0 Å². The molecule has 0 aliphatic heterocycles. The van der Waals surface area contributed by atoms with Crippen molar-refractivity contribution in [1.82, 2.24) is 0 Å². The largest absolute Gasteiger partial charge is 0.139 e. The molecule has 3 aromatic heterocycles. The van der Waals surface area contributed by atoms with Crippen LogP contribution in [-0.4, -0.2) is 0 Å². The second kappa shape index (κ2) is 11.3. The molecule has 0 bridgehead atoms. The third kappa shape index (κ3) is 6.05. The van der Waals surface area contributed by atoms with Crippen LogP contribution in [0.1, 0.15) is 80.5 Å². The molecule has 0 aromatic carbocycles. The molecule has 3 heterocycles. The van der Waals surface area contributed by atoms with Gasteiger partial charge in [-0.15, -0.1) is 34.0 Å². The molecule has 0 saturated carbocycles. The van der Waals surface area contributed by atoms with E-state index in [2.05, 4.69) is 51.1 Å². The first-order valence-electron chi connectivity index (χ1n) is 11.0. The first-order valence-corrected chi connectivity index (χ1v) is 13.4. The van der Waals surface area contributed by atoms with E-state index < -0.39 is 0 Å². The van der Waals surface area contributed by atoms with Crippen LogP contribution in [-0.2, 0) is 12.8 Å². The molecule has 0 radical (unpaired) electrons. The van der Waals surface area contributed by atoms with Crippen LogP contribution >= 0.6 is 34.0 Å². The summed E-state index contributed by atoms with van der Waals surface area (Å²) in [6, 6.07) is 11.8. The van der Waals surface area contributed by atoms with Gasteiger partial charge in [0.2, 0.25) is 0 Å². The molecular weight excluding hydrogens is 396 g/mol. The van der Waals surface area contributed by atoms with E-state index in [4.69, 9.17) is 0 Å². The van der Waals surface area contributed by atoms with E-state index in [0.717, 1.165) is 0 Å². The summed E-state index contributed by atoms with van der Waals surface area (Å²) in [7, 11) is 0. The average molecular weight is 431 g/mol. The van der Waals surface area contributed by atoms with E-state index >= 15 is 0 Å². The van der Waals surface area contributed by atoms with Crippen molar-refractivity contribution in [2.45, 2.75) is 85.0 Å². The van der Waals surface area contributed by atoms with Gasteiger partial charge in [0.1, 0.15) is 0 Å². The molecule has 0 saturated heterocycles. The summed E-state index contributed by atoms with van der Waals surface area (Å²) in [5, 5.41) is 0. The summed E-state index contributed by atoms with van der Waals surface area (Å²) in [6.45, 7) is 6.83. The summed E-state index contributed by atoms with van der Waals surface area (Å²) >= 11 is 5.97. The molecule has 0 amide bonds. The summed E-state index contributed by atoms with van der Waals surface area (Å²) in [4.78, 5) is 8.90. The molecule has 3 rings (SSSR count). The maximum absolute atomic E-state index is 2.40. The predicted octanol–water partition coefficient (Wildman–Crippen LogP) is 9.76. The van der Waals surface area contributed by atoms with Gasteiger partial charge in [-0.3, -0.25) is 0 Å². The molecular formula is C25H34S3. The lowest BCUT2D eigenvalue weighted by atomic mass is 10.1. The lowest BCUT2D eigenvalue weighted by molar-refractivity contribution is 0.670. The molecule has 0 aliphatic rings. The molecule has 152 valence electrons. The average Bonchev–Trinajstić information content (AvgIpc) is 3.42. The van der Waals surface area contributed by atoms with Crippen LogP contribution in [0.15, 0.2) is 30.3 Å². The lowest BCUT2D eigenvalue weighted by Gasteiger charge is -1.97. The van der Waals surface area contributed by atoms with Crippen molar-refractivity contribution in [2.75, 3.05) is 0 Å². The molecule has 0 nitrogen and oxygen atoms in total. The van der Waals surface area contributed by atoms with Crippen molar-refractivity contribution in [1.29, 1.82) is 0 Å². The zero-order chi connectivity index (χ0) is 19.8. The second-order valence-corrected chi connectivity index (χ2v) is 11.2. The topological polar surface area (TPSA) is 0 Å².